The summed E-state index contributed by atoms with van der Waals surface area (Å²) in [7, 11) is 1.73. The minimum atomic E-state index is -0.514. The molecule has 0 radical (unpaired) electrons. The number of fused-ring (bicyclic) bond motifs is 1. The quantitative estimate of drug-likeness (QED) is 0.803. The highest BCUT2D eigenvalue weighted by Crippen LogP contribution is 2.43. The van der Waals surface area contributed by atoms with E-state index in [4.69, 9.17) is 0 Å². The molecule has 1 saturated carbocycles. The fourth-order valence-corrected chi connectivity index (χ4v) is 4.70. The zero-order chi connectivity index (χ0) is 20.1. The number of nitrogens with zero attached hydrogens (tertiary/aromatic N) is 4. The van der Waals surface area contributed by atoms with E-state index in [1.807, 2.05) is 12.1 Å². The Morgan fingerprint density at radius 3 is 2.72 bits per heavy atom. The van der Waals surface area contributed by atoms with Gasteiger partial charge in [-0.3, -0.25) is 14.6 Å². The average Bonchev–Trinajstić information content (AvgIpc) is 3.53. The van der Waals surface area contributed by atoms with E-state index in [1.165, 1.54) is 12.1 Å². The number of halogens is 1. The minimum Gasteiger partial charge on any atom is -0.365 e. The first-order valence-electron chi connectivity index (χ1n) is 10.1. The molecule has 2 aromatic rings. The first kappa shape index (κ1) is 18.1. The van der Waals surface area contributed by atoms with Gasteiger partial charge < -0.3 is 14.7 Å². The summed E-state index contributed by atoms with van der Waals surface area (Å²) in [5.41, 5.74) is 2.36. The zero-order valence-electron chi connectivity index (χ0n) is 16.3. The number of carbonyl (C=O) groups is 2. The van der Waals surface area contributed by atoms with Crippen molar-refractivity contribution in [1.29, 1.82) is 0 Å². The van der Waals surface area contributed by atoms with Crippen LogP contribution in [0.3, 0.4) is 0 Å². The van der Waals surface area contributed by atoms with E-state index < -0.39 is 5.92 Å². The highest BCUT2D eigenvalue weighted by molar-refractivity contribution is 6.02. The summed E-state index contributed by atoms with van der Waals surface area (Å²) in [5, 5.41) is 0. The van der Waals surface area contributed by atoms with Crippen molar-refractivity contribution in [2.45, 2.75) is 31.3 Å². The van der Waals surface area contributed by atoms with Gasteiger partial charge in [0, 0.05) is 45.0 Å². The summed E-state index contributed by atoms with van der Waals surface area (Å²) >= 11 is 0. The van der Waals surface area contributed by atoms with Crippen LogP contribution in [0, 0.1) is 11.7 Å². The molecule has 2 fully saturated rings. The van der Waals surface area contributed by atoms with Crippen LogP contribution in [0.2, 0.25) is 0 Å². The lowest BCUT2D eigenvalue weighted by Crippen LogP contribution is -2.47. The van der Waals surface area contributed by atoms with E-state index in [0.717, 1.165) is 30.6 Å². The topological polar surface area (TPSA) is 56.8 Å². The van der Waals surface area contributed by atoms with Gasteiger partial charge in [-0.2, -0.15) is 0 Å². The third-order valence-corrected chi connectivity index (χ3v) is 6.29. The molecule has 2 atom stereocenters. The number of amides is 2. The minimum absolute atomic E-state index is 0.0618. The number of hydrogen-bond donors (Lipinski definition) is 0. The molecule has 2 amide bonds. The molecule has 29 heavy (non-hydrogen) atoms. The Bertz CT molecular complexity index is 963. The lowest BCUT2D eigenvalue weighted by Gasteiger charge is -2.39. The van der Waals surface area contributed by atoms with Gasteiger partial charge in [0.25, 0.3) is 0 Å². The predicted molar refractivity (Wildman–Crippen MR) is 107 cm³/mol. The molecular formula is C22H23FN4O2. The average molecular weight is 394 g/mol. The van der Waals surface area contributed by atoms with Crippen molar-refractivity contribution in [3.05, 3.63) is 54.1 Å². The molecule has 2 aliphatic heterocycles. The predicted octanol–water partition coefficient (Wildman–Crippen LogP) is 2.76. The van der Waals surface area contributed by atoms with Crippen molar-refractivity contribution in [1.82, 2.24) is 9.88 Å². The maximum absolute atomic E-state index is 14.1. The van der Waals surface area contributed by atoms with Crippen LogP contribution in [0.4, 0.5) is 15.8 Å². The highest BCUT2D eigenvalue weighted by atomic mass is 19.1. The van der Waals surface area contributed by atoms with Gasteiger partial charge in [0.05, 0.1) is 23.3 Å². The Hall–Kier alpha value is -2.96. The number of aromatic nitrogens is 1. The summed E-state index contributed by atoms with van der Waals surface area (Å²) in [6.45, 7) is 1.23. The second-order valence-electron chi connectivity index (χ2n) is 8.09. The molecule has 1 aliphatic carbocycles. The molecule has 0 bridgehead atoms. The first-order chi connectivity index (χ1) is 14.0. The molecule has 0 N–H and O–H groups in total. The zero-order valence-corrected chi connectivity index (χ0v) is 16.3. The summed E-state index contributed by atoms with van der Waals surface area (Å²) in [5.74, 6) is -1.06. The Morgan fingerprint density at radius 1 is 1.17 bits per heavy atom. The molecule has 6 nitrogen and oxygen atoms in total. The van der Waals surface area contributed by atoms with E-state index in [9.17, 15) is 14.0 Å². The van der Waals surface area contributed by atoms with Crippen molar-refractivity contribution >= 4 is 23.2 Å². The van der Waals surface area contributed by atoms with Gasteiger partial charge in [0.1, 0.15) is 5.82 Å². The number of anilines is 2. The smallest absolute Gasteiger partial charge is 0.233 e. The summed E-state index contributed by atoms with van der Waals surface area (Å²) in [6, 6.07) is 8.50. The van der Waals surface area contributed by atoms with Crippen molar-refractivity contribution in [2.24, 2.45) is 5.92 Å². The third kappa shape index (κ3) is 3.05. The second-order valence-corrected chi connectivity index (χ2v) is 8.09. The van der Waals surface area contributed by atoms with Crippen LogP contribution in [0.5, 0.6) is 0 Å². The number of rotatable bonds is 3. The van der Waals surface area contributed by atoms with Crippen LogP contribution in [0.1, 0.15) is 30.9 Å². The molecule has 5 rings (SSSR count). The van der Waals surface area contributed by atoms with Crippen LogP contribution >= 0.6 is 0 Å². The van der Waals surface area contributed by atoms with Crippen LogP contribution in [0.15, 0.2) is 42.7 Å². The molecule has 1 aromatic heterocycles. The number of benzene rings is 1. The molecule has 0 spiro atoms. The number of hydrogen-bond acceptors (Lipinski definition) is 4. The van der Waals surface area contributed by atoms with Gasteiger partial charge in [-0.1, -0.05) is 6.07 Å². The summed E-state index contributed by atoms with van der Waals surface area (Å²) in [6.07, 6.45) is 5.81. The maximum atomic E-state index is 14.1. The Labute approximate surface area is 168 Å². The van der Waals surface area contributed by atoms with Crippen LogP contribution < -0.4 is 9.80 Å². The van der Waals surface area contributed by atoms with Gasteiger partial charge in [-0.25, -0.2) is 4.39 Å². The largest absolute Gasteiger partial charge is 0.365 e. The SMILES string of the molecule is CN1C(=O)CC(C(=O)N2CCN(C3CC3)c3ccc(F)cc32)C1c1cccnc1. The van der Waals surface area contributed by atoms with E-state index in [1.54, 1.807) is 35.3 Å². The van der Waals surface area contributed by atoms with Gasteiger partial charge >= 0.3 is 0 Å². The van der Waals surface area contributed by atoms with Gasteiger partial charge in [0.15, 0.2) is 0 Å². The van der Waals surface area contributed by atoms with E-state index in [2.05, 4.69) is 9.88 Å². The fourth-order valence-electron chi connectivity index (χ4n) is 4.70. The third-order valence-electron chi connectivity index (χ3n) is 6.29. The molecule has 7 heteroatoms. The van der Waals surface area contributed by atoms with Crippen LogP contribution in [-0.2, 0) is 9.59 Å². The normalized spacial score (nSPS) is 24.1. The fraction of sp³-hybridized carbons (Fsp3) is 0.409. The lowest BCUT2D eigenvalue weighted by molar-refractivity contribution is -0.128. The van der Waals surface area contributed by atoms with Gasteiger partial charge in [-0.15, -0.1) is 0 Å². The van der Waals surface area contributed by atoms with E-state index >= 15 is 0 Å². The molecule has 3 heterocycles. The molecule has 150 valence electrons. The Kier molecular flexibility index (Phi) is 4.26. The van der Waals surface area contributed by atoms with Gasteiger partial charge in [0.2, 0.25) is 11.8 Å². The molecule has 3 aliphatic rings. The van der Waals surface area contributed by atoms with Crippen molar-refractivity contribution in [2.75, 3.05) is 29.9 Å². The second kappa shape index (κ2) is 6.83. The van der Waals surface area contributed by atoms with Crippen molar-refractivity contribution < 1.29 is 14.0 Å². The van der Waals surface area contributed by atoms with Crippen LogP contribution in [0.25, 0.3) is 0 Å². The lowest BCUT2D eigenvalue weighted by atomic mass is 9.92. The number of carbonyl (C=O) groups excluding carboxylic acids is 2. The Morgan fingerprint density at radius 2 is 2.00 bits per heavy atom. The van der Waals surface area contributed by atoms with E-state index in [0.29, 0.717) is 18.3 Å². The monoisotopic (exact) mass is 394 g/mol. The first-order valence-corrected chi connectivity index (χ1v) is 10.1. The molecule has 1 saturated heterocycles. The maximum Gasteiger partial charge on any atom is 0.233 e. The summed E-state index contributed by atoms with van der Waals surface area (Å²) in [4.78, 5) is 35.8. The number of likely N-dealkylation sites (tertiary alicyclic amines) is 1. The number of pyridine rings is 1. The summed E-state index contributed by atoms with van der Waals surface area (Å²) < 4.78 is 14.1. The molecule has 2 unspecified atom stereocenters. The molecule has 1 aromatic carbocycles. The van der Waals surface area contributed by atoms with E-state index in [-0.39, 0.29) is 30.1 Å². The molecular weight excluding hydrogens is 371 g/mol. The standard InChI is InChI=1S/C22H23FN4O2/c1-25-20(28)12-17(21(25)14-3-2-8-24-13-14)22(29)27-10-9-26(16-5-6-16)18-7-4-15(23)11-19(18)27/h2-4,7-8,11,13,16-17,21H,5-6,9-10,12H2,1H3. The van der Waals surface area contributed by atoms with Gasteiger partial charge in [-0.05, 0) is 42.7 Å². The highest BCUT2D eigenvalue weighted by Gasteiger charge is 2.46. The van der Waals surface area contributed by atoms with Crippen molar-refractivity contribution in [3.63, 3.8) is 0 Å². The van der Waals surface area contributed by atoms with Crippen LogP contribution in [-0.4, -0.2) is 47.9 Å². The van der Waals surface area contributed by atoms with Crippen molar-refractivity contribution in [3.8, 4) is 0 Å². The Balaban J connectivity index is 1.50.